The summed E-state index contributed by atoms with van der Waals surface area (Å²) in [6, 6.07) is 4.58. The molecule has 0 aliphatic rings. The molecule has 3 aromatic rings. The van der Waals surface area contributed by atoms with Gasteiger partial charge >= 0.3 is 6.18 Å². The highest BCUT2D eigenvalue weighted by Gasteiger charge is 2.34. The zero-order valence-corrected chi connectivity index (χ0v) is 14.5. The number of rotatable bonds is 4. The van der Waals surface area contributed by atoms with E-state index in [-0.39, 0.29) is 17.9 Å². The van der Waals surface area contributed by atoms with Crippen LogP contribution >= 0.6 is 0 Å². The van der Waals surface area contributed by atoms with Crippen molar-refractivity contribution in [2.75, 3.05) is 6.54 Å². The number of aryl methyl sites for hydroxylation is 3. The monoisotopic (exact) mass is 366 g/mol. The maximum absolute atomic E-state index is 13.0. The first-order chi connectivity index (χ1) is 12.2. The summed E-state index contributed by atoms with van der Waals surface area (Å²) in [5.74, 6) is -0.474. The van der Waals surface area contributed by atoms with E-state index in [9.17, 15) is 18.0 Å². The van der Waals surface area contributed by atoms with Crippen molar-refractivity contribution in [3.63, 3.8) is 0 Å². The Balaban J connectivity index is 2.07. The minimum absolute atomic E-state index is 0.147. The summed E-state index contributed by atoms with van der Waals surface area (Å²) in [6.45, 7) is 1.71. The summed E-state index contributed by atoms with van der Waals surface area (Å²) in [4.78, 5) is 18.1. The van der Waals surface area contributed by atoms with Crippen molar-refractivity contribution in [3.8, 4) is 0 Å². The largest absolute Gasteiger partial charge is 0.467 e. The molecule has 3 rings (SSSR count). The first kappa shape index (κ1) is 18.0. The molecule has 0 saturated heterocycles. The van der Waals surface area contributed by atoms with Crippen LogP contribution in [-0.2, 0) is 13.6 Å². The van der Waals surface area contributed by atoms with E-state index in [1.54, 1.807) is 27.0 Å². The summed E-state index contributed by atoms with van der Waals surface area (Å²) < 4.78 is 45.7. The first-order valence-electron chi connectivity index (χ1n) is 7.85. The van der Waals surface area contributed by atoms with Crippen LogP contribution in [0.15, 0.2) is 28.9 Å². The van der Waals surface area contributed by atoms with Gasteiger partial charge in [0.25, 0.3) is 5.91 Å². The smallest absolute Gasteiger partial charge is 0.406 e. The van der Waals surface area contributed by atoms with Crippen molar-refractivity contribution in [2.45, 2.75) is 26.6 Å². The third kappa shape index (κ3) is 3.56. The van der Waals surface area contributed by atoms with Gasteiger partial charge in [-0.05, 0) is 32.0 Å². The van der Waals surface area contributed by atoms with E-state index in [2.05, 4.69) is 10.1 Å². The normalized spacial score (nSPS) is 11.9. The van der Waals surface area contributed by atoms with Gasteiger partial charge in [-0.25, -0.2) is 4.98 Å². The molecule has 0 aliphatic carbocycles. The summed E-state index contributed by atoms with van der Waals surface area (Å²) in [7, 11) is 1.67. The lowest BCUT2D eigenvalue weighted by molar-refractivity contribution is -0.142. The molecule has 0 aliphatic heterocycles. The van der Waals surface area contributed by atoms with E-state index in [0.29, 0.717) is 22.4 Å². The maximum atomic E-state index is 13.0. The molecule has 0 fully saturated rings. The second-order valence-electron chi connectivity index (χ2n) is 6.07. The van der Waals surface area contributed by atoms with Crippen LogP contribution in [0.4, 0.5) is 13.2 Å². The molecule has 138 valence electrons. The molecule has 0 N–H and O–H groups in total. The van der Waals surface area contributed by atoms with Gasteiger partial charge in [0.05, 0.1) is 29.5 Å². The summed E-state index contributed by atoms with van der Waals surface area (Å²) in [6.07, 6.45) is -3.18. The van der Waals surface area contributed by atoms with Crippen LogP contribution in [0.1, 0.15) is 27.5 Å². The highest BCUT2D eigenvalue weighted by molar-refractivity contribution is 6.06. The fraction of sp³-hybridized carbons (Fsp3) is 0.353. The van der Waals surface area contributed by atoms with Gasteiger partial charge in [0.15, 0.2) is 5.65 Å². The minimum Gasteiger partial charge on any atom is -0.467 e. The quantitative estimate of drug-likeness (QED) is 0.710. The van der Waals surface area contributed by atoms with Crippen LogP contribution in [0.5, 0.6) is 0 Å². The van der Waals surface area contributed by atoms with Gasteiger partial charge in [0.1, 0.15) is 12.3 Å². The molecule has 0 saturated carbocycles. The van der Waals surface area contributed by atoms with Crippen molar-refractivity contribution in [1.29, 1.82) is 0 Å². The predicted octanol–water partition coefficient (Wildman–Crippen LogP) is 3.38. The molecule has 0 unspecified atom stereocenters. The number of halogens is 3. The van der Waals surface area contributed by atoms with E-state index in [1.807, 2.05) is 0 Å². The Morgan fingerprint density at radius 2 is 2.08 bits per heavy atom. The van der Waals surface area contributed by atoms with Crippen molar-refractivity contribution in [1.82, 2.24) is 19.7 Å². The number of pyridine rings is 1. The van der Waals surface area contributed by atoms with Crippen molar-refractivity contribution in [2.24, 2.45) is 7.05 Å². The zero-order chi connectivity index (χ0) is 19.1. The van der Waals surface area contributed by atoms with E-state index < -0.39 is 18.6 Å². The Morgan fingerprint density at radius 1 is 1.35 bits per heavy atom. The SMILES string of the molecule is Cc1cc(C(=O)N(Cc2ccco2)CC(F)(F)F)c2c(C)nn(C)c2n1. The number of aromatic nitrogens is 3. The van der Waals surface area contributed by atoms with Crippen LogP contribution in [0.2, 0.25) is 0 Å². The van der Waals surface area contributed by atoms with Crippen LogP contribution < -0.4 is 0 Å². The van der Waals surface area contributed by atoms with Gasteiger partial charge in [-0.3, -0.25) is 9.48 Å². The topological polar surface area (TPSA) is 64.2 Å². The fourth-order valence-corrected chi connectivity index (χ4v) is 2.92. The number of carbonyl (C=O) groups is 1. The summed E-state index contributed by atoms with van der Waals surface area (Å²) >= 11 is 0. The van der Waals surface area contributed by atoms with Crippen molar-refractivity contribution < 1.29 is 22.4 Å². The third-order valence-corrected chi connectivity index (χ3v) is 3.91. The third-order valence-electron chi connectivity index (χ3n) is 3.91. The average molecular weight is 366 g/mol. The molecule has 3 heterocycles. The number of alkyl halides is 3. The molecule has 0 spiro atoms. The second-order valence-corrected chi connectivity index (χ2v) is 6.07. The fourth-order valence-electron chi connectivity index (χ4n) is 2.92. The molecule has 6 nitrogen and oxygen atoms in total. The van der Waals surface area contributed by atoms with Gasteiger partial charge in [0.2, 0.25) is 0 Å². The number of hydrogen-bond donors (Lipinski definition) is 0. The average Bonchev–Trinajstić information content (AvgIpc) is 3.13. The summed E-state index contributed by atoms with van der Waals surface area (Å²) in [5.41, 5.74) is 1.65. The molecule has 1 amide bonds. The van der Waals surface area contributed by atoms with Gasteiger partial charge in [-0.1, -0.05) is 0 Å². The van der Waals surface area contributed by atoms with Crippen molar-refractivity contribution in [3.05, 3.63) is 47.2 Å². The standard InChI is InChI=1S/C17H17F3N4O2/c1-10-7-13(14-11(2)22-23(3)15(14)21-10)16(25)24(9-17(18,19)20)8-12-5-4-6-26-12/h4-7H,8-9H2,1-3H3. The number of hydrogen-bond acceptors (Lipinski definition) is 4. The lowest BCUT2D eigenvalue weighted by atomic mass is 10.1. The Bertz CT molecular complexity index is 945. The lowest BCUT2D eigenvalue weighted by Gasteiger charge is -2.23. The van der Waals surface area contributed by atoms with E-state index in [0.717, 1.165) is 4.90 Å². The number of carbonyl (C=O) groups excluding carboxylic acids is 1. The van der Waals surface area contributed by atoms with Crippen LogP contribution in [0.3, 0.4) is 0 Å². The minimum atomic E-state index is -4.53. The molecular weight excluding hydrogens is 349 g/mol. The van der Waals surface area contributed by atoms with E-state index in [1.165, 1.54) is 23.1 Å². The number of nitrogens with zero attached hydrogens (tertiary/aromatic N) is 4. The van der Waals surface area contributed by atoms with E-state index >= 15 is 0 Å². The van der Waals surface area contributed by atoms with Crippen LogP contribution in [0, 0.1) is 13.8 Å². The molecule has 0 radical (unpaired) electrons. The number of amides is 1. The molecule has 9 heteroatoms. The van der Waals surface area contributed by atoms with Crippen molar-refractivity contribution >= 4 is 16.9 Å². The van der Waals surface area contributed by atoms with Gasteiger partial charge in [-0.2, -0.15) is 18.3 Å². The Kier molecular flexibility index (Phi) is 4.47. The Labute approximate surface area is 147 Å². The van der Waals surface area contributed by atoms with Crippen LogP contribution in [0.25, 0.3) is 11.0 Å². The zero-order valence-electron chi connectivity index (χ0n) is 14.5. The Morgan fingerprint density at radius 3 is 2.69 bits per heavy atom. The van der Waals surface area contributed by atoms with E-state index in [4.69, 9.17) is 4.42 Å². The maximum Gasteiger partial charge on any atom is 0.406 e. The van der Waals surface area contributed by atoms with Gasteiger partial charge in [-0.15, -0.1) is 0 Å². The van der Waals surface area contributed by atoms with Crippen LogP contribution in [-0.4, -0.2) is 38.3 Å². The molecule has 26 heavy (non-hydrogen) atoms. The highest BCUT2D eigenvalue weighted by atomic mass is 19.4. The highest BCUT2D eigenvalue weighted by Crippen LogP contribution is 2.26. The number of furan rings is 1. The van der Waals surface area contributed by atoms with Gasteiger partial charge in [0, 0.05) is 12.7 Å². The second kappa shape index (κ2) is 6.47. The van der Waals surface area contributed by atoms with Gasteiger partial charge < -0.3 is 9.32 Å². The molecule has 0 aromatic carbocycles. The lowest BCUT2D eigenvalue weighted by Crippen LogP contribution is -2.38. The number of fused-ring (bicyclic) bond motifs is 1. The predicted molar refractivity (Wildman–Crippen MR) is 87.5 cm³/mol. The molecule has 3 aromatic heterocycles. The molecule has 0 bridgehead atoms. The Hall–Kier alpha value is -2.84. The molecule has 0 atom stereocenters. The first-order valence-corrected chi connectivity index (χ1v) is 7.85. The summed E-state index contributed by atoms with van der Waals surface area (Å²) in [5, 5.41) is 4.68. The molecular formula is C17H17F3N4O2.